The fourth-order valence-electron chi connectivity index (χ4n) is 2.73. The molecule has 0 bridgehead atoms. The highest BCUT2D eigenvalue weighted by Gasteiger charge is 2.20. The highest BCUT2D eigenvalue weighted by atomic mass is 16.3. The molecule has 0 unspecified atom stereocenters. The van der Waals surface area contributed by atoms with Gasteiger partial charge in [0.1, 0.15) is 0 Å². The standard InChI is InChI=1S/C12H19NO/c1-9-7-11(8-14)10(2)13(9)12-5-3-4-6-12/h7,12,14H,3-6,8H2,1-2H3. The summed E-state index contributed by atoms with van der Waals surface area (Å²) in [6.45, 7) is 4.44. The van der Waals surface area contributed by atoms with Gasteiger partial charge in [-0.1, -0.05) is 12.8 Å². The van der Waals surface area contributed by atoms with E-state index >= 15 is 0 Å². The summed E-state index contributed by atoms with van der Waals surface area (Å²) in [6.07, 6.45) is 5.33. The molecule has 1 fully saturated rings. The fourth-order valence-corrected chi connectivity index (χ4v) is 2.73. The second-order valence-corrected chi connectivity index (χ2v) is 4.36. The van der Waals surface area contributed by atoms with E-state index in [1.165, 1.54) is 37.1 Å². The minimum atomic E-state index is 0.173. The Kier molecular flexibility index (Phi) is 2.64. The molecule has 1 N–H and O–H groups in total. The van der Waals surface area contributed by atoms with Gasteiger partial charge in [-0.15, -0.1) is 0 Å². The van der Waals surface area contributed by atoms with Gasteiger partial charge in [0.2, 0.25) is 0 Å². The highest BCUT2D eigenvalue weighted by molar-refractivity contribution is 5.26. The molecule has 2 rings (SSSR count). The Hall–Kier alpha value is -0.760. The van der Waals surface area contributed by atoms with Gasteiger partial charge in [0.15, 0.2) is 0 Å². The van der Waals surface area contributed by atoms with Crippen molar-refractivity contribution in [3.63, 3.8) is 0 Å². The summed E-state index contributed by atoms with van der Waals surface area (Å²) in [5.41, 5.74) is 3.66. The third-order valence-corrected chi connectivity index (χ3v) is 3.45. The number of aromatic nitrogens is 1. The van der Waals surface area contributed by atoms with Gasteiger partial charge in [0, 0.05) is 17.4 Å². The van der Waals surface area contributed by atoms with Crippen molar-refractivity contribution in [2.24, 2.45) is 0 Å². The number of rotatable bonds is 2. The summed E-state index contributed by atoms with van der Waals surface area (Å²) in [5, 5.41) is 9.19. The van der Waals surface area contributed by atoms with Crippen molar-refractivity contribution in [1.82, 2.24) is 4.57 Å². The maximum atomic E-state index is 9.19. The van der Waals surface area contributed by atoms with Crippen LogP contribution in [0.2, 0.25) is 0 Å². The molecule has 0 radical (unpaired) electrons. The van der Waals surface area contributed by atoms with Crippen LogP contribution in [0.15, 0.2) is 6.07 Å². The molecule has 0 aliphatic heterocycles. The molecule has 1 aliphatic rings. The van der Waals surface area contributed by atoms with E-state index < -0.39 is 0 Å². The van der Waals surface area contributed by atoms with Gasteiger partial charge >= 0.3 is 0 Å². The smallest absolute Gasteiger partial charge is 0.0699 e. The van der Waals surface area contributed by atoms with Crippen LogP contribution in [0.3, 0.4) is 0 Å². The number of nitrogens with zero attached hydrogens (tertiary/aromatic N) is 1. The van der Waals surface area contributed by atoms with E-state index in [9.17, 15) is 5.11 Å². The van der Waals surface area contributed by atoms with Crippen LogP contribution in [0.5, 0.6) is 0 Å². The van der Waals surface area contributed by atoms with Crippen LogP contribution >= 0.6 is 0 Å². The highest BCUT2D eigenvalue weighted by Crippen LogP contribution is 2.33. The molecule has 1 aromatic heterocycles. The van der Waals surface area contributed by atoms with Crippen molar-refractivity contribution >= 4 is 0 Å². The van der Waals surface area contributed by atoms with E-state index in [-0.39, 0.29) is 6.61 Å². The molecule has 14 heavy (non-hydrogen) atoms. The second kappa shape index (κ2) is 3.77. The van der Waals surface area contributed by atoms with Crippen molar-refractivity contribution in [1.29, 1.82) is 0 Å². The average molecular weight is 193 g/mol. The third-order valence-electron chi connectivity index (χ3n) is 3.45. The van der Waals surface area contributed by atoms with E-state index in [2.05, 4.69) is 24.5 Å². The zero-order valence-corrected chi connectivity index (χ0v) is 9.08. The van der Waals surface area contributed by atoms with Crippen LogP contribution < -0.4 is 0 Å². The molecule has 0 saturated heterocycles. The van der Waals surface area contributed by atoms with Crippen LogP contribution in [0.25, 0.3) is 0 Å². The number of hydrogen-bond acceptors (Lipinski definition) is 1. The predicted octanol–water partition coefficient (Wildman–Crippen LogP) is 2.71. The lowest BCUT2D eigenvalue weighted by molar-refractivity contribution is 0.280. The monoisotopic (exact) mass is 193 g/mol. The predicted molar refractivity (Wildman–Crippen MR) is 57.3 cm³/mol. The number of aliphatic hydroxyl groups is 1. The van der Waals surface area contributed by atoms with Crippen LogP contribution in [-0.2, 0) is 6.61 Å². The molecular weight excluding hydrogens is 174 g/mol. The summed E-state index contributed by atoms with van der Waals surface area (Å²) >= 11 is 0. The fraction of sp³-hybridized carbons (Fsp3) is 0.667. The van der Waals surface area contributed by atoms with E-state index in [1.807, 2.05) is 0 Å². The van der Waals surface area contributed by atoms with E-state index in [0.717, 1.165) is 5.56 Å². The van der Waals surface area contributed by atoms with Gasteiger partial charge in [-0.2, -0.15) is 0 Å². The second-order valence-electron chi connectivity index (χ2n) is 4.36. The van der Waals surface area contributed by atoms with E-state index in [1.54, 1.807) is 0 Å². The lowest BCUT2D eigenvalue weighted by Crippen LogP contribution is -2.08. The molecule has 1 saturated carbocycles. The lowest BCUT2D eigenvalue weighted by atomic mass is 10.2. The summed E-state index contributed by atoms with van der Waals surface area (Å²) < 4.78 is 2.42. The quantitative estimate of drug-likeness (QED) is 0.767. The first-order valence-corrected chi connectivity index (χ1v) is 5.52. The topological polar surface area (TPSA) is 25.2 Å². The van der Waals surface area contributed by atoms with Gasteiger partial charge in [-0.25, -0.2) is 0 Å². The van der Waals surface area contributed by atoms with Crippen LogP contribution in [0.4, 0.5) is 0 Å². The van der Waals surface area contributed by atoms with Crippen LogP contribution in [0, 0.1) is 13.8 Å². The SMILES string of the molecule is Cc1cc(CO)c(C)n1C1CCCC1. The maximum Gasteiger partial charge on any atom is 0.0699 e. The molecule has 1 aliphatic carbocycles. The van der Waals surface area contributed by atoms with Crippen molar-refractivity contribution < 1.29 is 5.11 Å². The zero-order chi connectivity index (χ0) is 10.1. The normalized spacial score (nSPS) is 17.9. The molecule has 0 atom stereocenters. The lowest BCUT2D eigenvalue weighted by Gasteiger charge is -2.17. The summed E-state index contributed by atoms with van der Waals surface area (Å²) in [7, 11) is 0. The molecule has 78 valence electrons. The Balaban J connectivity index is 2.35. The van der Waals surface area contributed by atoms with Gasteiger partial charge in [0.25, 0.3) is 0 Å². The van der Waals surface area contributed by atoms with E-state index in [0.29, 0.717) is 6.04 Å². The molecule has 0 amide bonds. The van der Waals surface area contributed by atoms with E-state index in [4.69, 9.17) is 0 Å². The molecule has 2 nitrogen and oxygen atoms in total. The number of hydrogen-bond donors (Lipinski definition) is 1. The first kappa shape index (κ1) is 9.78. The Bertz CT molecular complexity index is 321. The van der Waals surface area contributed by atoms with Crippen molar-refractivity contribution in [3.8, 4) is 0 Å². The third kappa shape index (κ3) is 1.48. The summed E-state index contributed by atoms with van der Waals surface area (Å²) in [5.74, 6) is 0. The number of aliphatic hydroxyl groups excluding tert-OH is 1. The van der Waals surface area contributed by atoms with Crippen molar-refractivity contribution in [2.45, 2.75) is 52.2 Å². The minimum absolute atomic E-state index is 0.173. The molecular formula is C12H19NO. The van der Waals surface area contributed by atoms with Gasteiger partial charge in [-0.05, 0) is 38.3 Å². The largest absolute Gasteiger partial charge is 0.392 e. The van der Waals surface area contributed by atoms with Gasteiger partial charge in [0.05, 0.1) is 6.61 Å². The Morgan fingerprint density at radius 1 is 1.36 bits per heavy atom. The Morgan fingerprint density at radius 3 is 2.50 bits per heavy atom. The molecule has 0 aromatic carbocycles. The summed E-state index contributed by atoms with van der Waals surface area (Å²) in [6, 6.07) is 2.81. The zero-order valence-electron chi connectivity index (χ0n) is 9.08. The van der Waals surface area contributed by atoms with Crippen LogP contribution in [-0.4, -0.2) is 9.67 Å². The molecule has 1 aromatic rings. The first-order valence-electron chi connectivity index (χ1n) is 5.52. The van der Waals surface area contributed by atoms with Gasteiger partial charge < -0.3 is 9.67 Å². The minimum Gasteiger partial charge on any atom is -0.392 e. The molecule has 0 spiro atoms. The summed E-state index contributed by atoms with van der Waals surface area (Å²) in [4.78, 5) is 0. The van der Waals surface area contributed by atoms with Crippen LogP contribution in [0.1, 0.15) is 48.7 Å². The first-order chi connectivity index (χ1) is 6.74. The maximum absolute atomic E-state index is 9.19. The van der Waals surface area contributed by atoms with Gasteiger partial charge in [-0.3, -0.25) is 0 Å². The molecule has 1 heterocycles. The number of aryl methyl sites for hydroxylation is 1. The Morgan fingerprint density at radius 2 is 2.00 bits per heavy atom. The molecule has 2 heteroatoms. The van der Waals surface area contributed by atoms with Crippen molar-refractivity contribution in [3.05, 3.63) is 23.0 Å². The van der Waals surface area contributed by atoms with Crippen molar-refractivity contribution in [2.75, 3.05) is 0 Å². The Labute approximate surface area is 85.6 Å². The average Bonchev–Trinajstić information content (AvgIpc) is 2.74.